The highest BCUT2D eigenvalue weighted by molar-refractivity contribution is 7.10. The molecular formula is C15H19NOS. The maximum atomic E-state index is 9.47. The fraction of sp³-hybridized carbons (Fsp3) is 0.333. The Morgan fingerprint density at radius 2 is 1.94 bits per heavy atom. The van der Waals surface area contributed by atoms with Gasteiger partial charge in [-0.15, -0.1) is 11.3 Å². The second-order valence-corrected chi connectivity index (χ2v) is 5.45. The summed E-state index contributed by atoms with van der Waals surface area (Å²) in [6, 6.07) is 14.8. The number of hydrogen-bond donors (Lipinski definition) is 2. The van der Waals surface area contributed by atoms with Gasteiger partial charge in [0.25, 0.3) is 0 Å². The molecule has 0 amide bonds. The Morgan fingerprint density at radius 1 is 1.17 bits per heavy atom. The molecule has 1 aromatic heterocycles. The van der Waals surface area contributed by atoms with Crippen LogP contribution >= 0.6 is 11.3 Å². The first-order chi connectivity index (χ1) is 8.79. The minimum absolute atomic E-state index is 0.101. The number of aliphatic hydroxyl groups is 1. The lowest BCUT2D eigenvalue weighted by Gasteiger charge is -2.21. The second kappa shape index (κ2) is 6.69. The largest absolute Gasteiger partial charge is 0.395 e. The van der Waals surface area contributed by atoms with Gasteiger partial charge in [-0.2, -0.15) is 0 Å². The summed E-state index contributed by atoms with van der Waals surface area (Å²) in [5.74, 6) is 0. The highest BCUT2D eigenvalue weighted by atomic mass is 32.1. The van der Waals surface area contributed by atoms with Crippen molar-refractivity contribution in [3.63, 3.8) is 0 Å². The summed E-state index contributed by atoms with van der Waals surface area (Å²) in [5.41, 5.74) is 1.25. The van der Waals surface area contributed by atoms with Gasteiger partial charge in [0.05, 0.1) is 6.61 Å². The van der Waals surface area contributed by atoms with Crippen LogP contribution in [-0.4, -0.2) is 17.8 Å². The standard InChI is InChI=1S/C15H19NOS/c1-12(15-8-5-9-18-15)16-14(11-17)10-13-6-3-2-4-7-13/h2-9,12,14,16-17H,10-11H2,1H3. The van der Waals surface area contributed by atoms with E-state index in [0.717, 1.165) is 6.42 Å². The van der Waals surface area contributed by atoms with Crippen LogP contribution in [0.25, 0.3) is 0 Å². The van der Waals surface area contributed by atoms with Gasteiger partial charge in [-0.25, -0.2) is 0 Å². The second-order valence-electron chi connectivity index (χ2n) is 4.47. The first kappa shape index (κ1) is 13.3. The molecule has 0 aliphatic carbocycles. The molecule has 0 aliphatic heterocycles. The third kappa shape index (κ3) is 3.67. The molecule has 1 heterocycles. The zero-order valence-corrected chi connectivity index (χ0v) is 11.4. The van der Waals surface area contributed by atoms with E-state index in [-0.39, 0.29) is 18.7 Å². The van der Waals surface area contributed by atoms with Crippen molar-refractivity contribution in [3.8, 4) is 0 Å². The van der Waals surface area contributed by atoms with Crippen LogP contribution in [0, 0.1) is 0 Å². The van der Waals surface area contributed by atoms with Crippen molar-refractivity contribution in [1.29, 1.82) is 0 Å². The van der Waals surface area contributed by atoms with E-state index < -0.39 is 0 Å². The summed E-state index contributed by atoms with van der Waals surface area (Å²) in [5, 5.41) is 15.0. The van der Waals surface area contributed by atoms with Gasteiger partial charge in [0.2, 0.25) is 0 Å². The number of hydrogen-bond acceptors (Lipinski definition) is 3. The predicted molar refractivity (Wildman–Crippen MR) is 76.9 cm³/mol. The smallest absolute Gasteiger partial charge is 0.0588 e. The molecule has 2 aromatic rings. The average Bonchev–Trinajstić information content (AvgIpc) is 2.93. The predicted octanol–water partition coefficient (Wildman–Crippen LogP) is 3.00. The van der Waals surface area contributed by atoms with Crippen LogP contribution in [-0.2, 0) is 6.42 Å². The van der Waals surface area contributed by atoms with Crippen molar-refractivity contribution in [2.45, 2.75) is 25.4 Å². The van der Waals surface area contributed by atoms with E-state index in [9.17, 15) is 5.11 Å². The monoisotopic (exact) mass is 261 g/mol. The molecule has 0 fully saturated rings. The van der Waals surface area contributed by atoms with Crippen LogP contribution in [0.3, 0.4) is 0 Å². The van der Waals surface area contributed by atoms with Gasteiger partial charge in [-0.1, -0.05) is 36.4 Å². The number of rotatable bonds is 6. The summed E-state index contributed by atoms with van der Waals surface area (Å²) >= 11 is 1.75. The van der Waals surface area contributed by atoms with Crippen molar-refractivity contribution < 1.29 is 5.11 Å². The van der Waals surface area contributed by atoms with Gasteiger partial charge >= 0.3 is 0 Å². The SMILES string of the molecule is CC(NC(CO)Cc1ccccc1)c1cccs1. The fourth-order valence-corrected chi connectivity index (χ4v) is 2.79. The average molecular weight is 261 g/mol. The van der Waals surface area contributed by atoms with E-state index in [1.807, 2.05) is 18.2 Å². The minimum atomic E-state index is 0.101. The molecule has 2 atom stereocenters. The normalized spacial score (nSPS) is 14.3. The fourth-order valence-electron chi connectivity index (χ4n) is 2.05. The first-order valence-electron chi connectivity index (χ1n) is 6.24. The van der Waals surface area contributed by atoms with Crippen LogP contribution in [0.2, 0.25) is 0 Å². The van der Waals surface area contributed by atoms with Gasteiger partial charge in [-0.3, -0.25) is 0 Å². The van der Waals surface area contributed by atoms with E-state index in [1.54, 1.807) is 11.3 Å². The van der Waals surface area contributed by atoms with Crippen LogP contribution in [0.5, 0.6) is 0 Å². The number of aliphatic hydroxyl groups excluding tert-OH is 1. The lowest BCUT2D eigenvalue weighted by molar-refractivity contribution is 0.233. The van der Waals surface area contributed by atoms with Crippen molar-refractivity contribution in [1.82, 2.24) is 5.32 Å². The lowest BCUT2D eigenvalue weighted by Crippen LogP contribution is -2.36. The van der Waals surface area contributed by atoms with Crippen molar-refractivity contribution in [2.75, 3.05) is 6.61 Å². The number of benzene rings is 1. The molecule has 2 unspecified atom stereocenters. The summed E-state index contributed by atoms with van der Waals surface area (Å²) in [6.45, 7) is 2.30. The summed E-state index contributed by atoms with van der Waals surface area (Å²) in [4.78, 5) is 1.31. The molecule has 96 valence electrons. The van der Waals surface area contributed by atoms with Crippen molar-refractivity contribution in [2.24, 2.45) is 0 Å². The Labute approximate surface area is 112 Å². The van der Waals surface area contributed by atoms with Gasteiger partial charge in [0, 0.05) is 17.0 Å². The third-order valence-electron chi connectivity index (χ3n) is 3.00. The molecule has 0 saturated carbocycles. The van der Waals surface area contributed by atoms with Gasteiger partial charge in [-0.05, 0) is 30.4 Å². The molecule has 2 rings (SSSR count). The van der Waals surface area contributed by atoms with E-state index >= 15 is 0 Å². The number of nitrogens with one attached hydrogen (secondary N) is 1. The Hall–Kier alpha value is -1.16. The van der Waals surface area contributed by atoms with Crippen LogP contribution in [0.15, 0.2) is 47.8 Å². The van der Waals surface area contributed by atoms with Crippen molar-refractivity contribution in [3.05, 3.63) is 58.3 Å². The molecule has 0 spiro atoms. The van der Waals surface area contributed by atoms with Crippen LogP contribution < -0.4 is 5.32 Å². The number of thiophene rings is 1. The molecule has 0 aliphatic rings. The molecule has 1 aromatic carbocycles. The zero-order valence-electron chi connectivity index (χ0n) is 10.5. The highest BCUT2D eigenvalue weighted by Gasteiger charge is 2.13. The molecule has 2 nitrogen and oxygen atoms in total. The quantitative estimate of drug-likeness (QED) is 0.838. The third-order valence-corrected chi connectivity index (χ3v) is 4.06. The molecule has 0 saturated heterocycles. The Kier molecular flexibility index (Phi) is 4.93. The van der Waals surface area contributed by atoms with E-state index in [2.05, 4.69) is 41.9 Å². The van der Waals surface area contributed by atoms with Crippen LogP contribution in [0.1, 0.15) is 23.4 Å². The minimum Gasteiger partial charge on any atom is -0.395 e. The van der Waals surface area contributed by atoms with Crippen molar-refractivity contribution >= 4 is 11.3 Å². The van der Waals surface area contributed by atoms with Gasteiger partial charge in [0.1, 0.15) is 0 Å². The highest BCUT2D eigenvalue weighted by Crippen LogP contribution is 2.19. The topological polar surface area (TPSA) is 32.3 Å². The maximum absolute atomic E-state index is 9.47. The maximum Gasteiger partial charge on any atom is 0.0588 e. The Balaban J connectivity index is 1.93. The molecule has 2 N–H and O–H groups in total. The van der Waals surface area contributed by atoms with Gasteiger partial charge < -0.3 is 10.4 Å². The van der Waals surface area contributed by atoms with Crippen LogP contribution in [0.4, 0.5) is 0 Å². The van der Waals surface area contributed by atoms with Gasteiger partial charge in [0.15, 0.2) is 0 Å². The first-order valence-corrected chi connectivity index (χ1v) is 7.12. The van der Waals surface area contributed by atoms with E-state index in [0.29, 0.717) is 0 Å². The van der Waals surface area contributed by atoms with E-state index in [1.165, 1.54) is 10.4 Å². The zero-order chi connectivity index (χ0) is 12.8. The molecule has 18 heavy (non-hydrogen) atoms. The summed E-state index contributed by atoms with van der Waals surface area (Å²) in [7, 11) is 0. The summed E-state index contributed by atoms with van der Waals surface area (Å²) < 4.78 is 0. The van der Waals surface area contributed by atoms with E-state index in [4.69, 9.17) is 0 Å². The molecule has 0 bridgehead atoms. The Bertz CT molecular complexity index is 441. The molecule has 3 heteroatoms. The molecular weight excluding hydrogens is 242 g/mol. The lowest BCUT2D eigenvalue weighted by atomic mass is 10.1. The molecule has 0 radical (unpaired) electrons. The summed E-state index contributed by atoms with van der Waals surface area (Å²) in [6.07, 6.45) is 0.854. The Morgan fingerprint density at radius 3 is 2.56 bits per heavy atom.